The van der Waals surface area contributed by atoms with Crippen molar-refractivity contribution < 1.29 is 8.78 Å². The molecule has 1 aromatic carbocycles. The number of benzene rings is 1. The van der Waals surface area contributed by atoms with Crippen molar-refractivity contribution in [3.8, 4) is 11.4 Å². The van der Waals surface area contributed by atoms with Crippen LogP contribution in [-0.2, 0) is 0 Å². The fraction of sp³-hybridized carbons (Fsp3) is 0.421. The number of rotatable bonds is 4. The molecule has 28 heavy (non-hydrogen) atoms. The van der Waals surface area contributed by atoms with E-state index in [0.29, 0.717) is 17.5 Å². The average molecular weight is 407 g/mol. The predicted molar refractivity (Wildman–Crippen MR) is 104 cm³/mol. The number of aromatic nitrogens is 4. The SMILES string of the molecule is CC(C)N1CCC(Nc2nc(-c3c(F)cccc3F)nn3c(Cl)cnc23)CC1. The molecule has 1 aliphatic heterocycles. The minimum absolute atomic E-state index is 0.0786. The van der Waals surface area contributed by atoms with Crippen LogP contribution in [0, 0.1) is 11.6 Å². The zero-order chi connectivity index (χ0) is 19.8. The molecule has 0 radical (unpaired) electrons. The molecule has 2 aromatic heterocycles. The highest BCUT2D eigenvalue weighted by Gasteiger charge is 2.24. The number of likely N-dealkylation sites (tertiary alicyclic amines) is 1. The maximum atomic E-state index is 14.3. The summed E-state index contributed by atoms with van der Waals surface area (Å²) in [6.07, 6.45) is 3.32. The number of hydrogen-bond acceptors (Lipinski definition) is 5. The molecule has 9 heteroatoms. The van der Waals surface area contributed by atoms with Gasteiger partial charge in [-0.15, -0.1) is 5.10 Å². The summed E-state index contributed by atoms with van der Waals surface area (Å²) >= 11 is 6.17. The molecule has 0 amide bonds. The van der Waals surface area contributed by atoms with Crippen molar-refractivity contribution in [1.82, 2.24) is 24.5 Å². The second kappa shape index (κ2) is 7.60. The first-order valence-electron chi connectivity index (χ1n) is 9.30. The number of piperidine rings is 1. The molecule has 0 unspecified atom stereocenters. The van der Waals surface area contributed by atoms with Crippen molar-refractivity contribution in [3.05, 3.63) is 41.2 Å². The second-order valence-electron chi connectivity index (χ2n) is 7.25. The van der Waals surface area contributed by atoms with E-state index < -0.39 is 11.6 Å². The lowest BCUT2D eigenvalue weighted by molar-refractivity contribution is 0.177. The van der Waals surface area contributed by atoms with E-state index in [-0.39, 0.29) is 22.6 Å². The Kier molecular flexibility index (Phi) is 5.16. The molecule has 0 atom stereocenters. The summed E-state index contributed by atoms with van der Waals surface area (Å²) in [6.45, 7) is 6.31. The molecule has 1 saturated heterocycles. The van der Waals surface area contributed by atoms with E-state index in [9.17, 15) is 8.78 Å². The monoisotopic (exact) mass is 406 g/mol. The van der Waals surface area contributed by atoms with Crippen molar-refractivity contribution in [2.45, 2.75) is 38.8 Å². The lowest BCUT2D eigenvalue weighted by Gasteiger charge is -2.35. The van der Waals surface area contributed by atoms with Crippen molar-refractivity contribution >= 4 is 23.1 Å². The Labute approximate surface area is 166 Å². The highest BCUT2D eigenvalue weighted by atomic mass is 35.5. The molecule has 3 aromatic rings. The van der Waals surface area contributed by atoms with Gasteiger partial charge in [-0.25, -0.2) is 18.7 Å². The zero-order valence-corrected chi connectivity index (χ0v) is 16.4. The summed E-state index contributed by atoms with van der Waals surface area (Å²) in [5.74, 6) is -1.12. The highest BCUT2D eigenvalue weighted by Crippen LogP contribution is 2.27. The van der Waals surface area contributed by atoms with Crippen LogP contribution in [0.1, 0.15) is 26.7 Å². The van der Waals surface area contributed by atoms with Crippen LogP contribution in [0.15, 0.2) is 24.4 Å². The summed E-state index contributed by atoms with van der Waals surface area (Å²) in [5, 5.41) is 7.82. The first kappa shape index (κ1) is 19.0. The van der Waals surface area contributed by atoms with Crippen LogP contribution in [0.2, 0.25) is 5.15 Å². The van der Waals surface area contributed by atoms with E-state index in [1.54, 1.807) is 0 Å². The third-order valence-corrected chi connectivity index (χ3v) is 5.37. The van der Waals surface area contributed by atoms with E-state index >= 15 is 0 Å². The fourth-order valence-electron chi connectivity index (χ4n) is 3.52. The predicted octanol–water partition coefficient (Wildman–Crippen LogP) is 4.01. The molecule has 4 rings (SSSR count). The largest absolute Gasteiger partial charge is 0.364 e. The van der Waals surface area contributed by atoms with Gasteiger partial charge in [0, 0.05) is 25.2 Å². The smallest absolute Gasteiger partial charge is 0.198 e. The van der Waals surface area contributed by atoms with Gasteiger partial charge in [-0.05, 0) is 38.8 Å². The van der Waals surface area contributed by atoms with Gasteiger partial charge in [-0.1, -0.05) is 17.7 Å². The zero-order valence-electron chi connectivity index (χ0n) is 15.7. The van der Waals surface area contributed by atoms with Gasteiger partial charge in [0.2, 0.25) is 0 Å². The van der Waals surface area contributed by atoms with Crippen LogP contribution in [0.4, 0.5) is 14.6 Å². The van der Waals surface area contributed by atoms with E-state index in [2.05, 4.69) is 39.1 Å². The van der Waals surface area contributed by atoms with E-state index in [4.69, 9.17) is 11.6 Å². The maximum absolute atomic E-state index is 14.3. The molecule has 3 heterocycles. The number of imidazole rings is 1. The number of nitrogens with zero attached hydrogens (tertiary/aromatic N) is 5. The maximum Gasteiger partial charge on any atom is 0.198 e. The third kappa shape index (κ3) is 3.54. The summed E-state index contributed by atoms with van der Waals surface area (Å²) in [5.41, 5.74) is 0.142. The summed E-state index contributed by atoms with van der Waals surface area (Å²) < 4.78 is 29.9. The van der Waals surface area contributed by atoms with Gasteiger partial charge < -0.3 is 10.2 Å². The van der Waals surface area contributed by atoms with Crippen LogP contribution in [0.3, 0.4) is 0 Å². The molecule has 1 fully saturated rings. The normalized spacial score (nSPS) is 16.2. The van der Waals surface area contributed by atoms with Gasteiger partial charge >= 0.3 is 0 Å². The molecule has 1 N–H and O–H groups in total. The molecule has 0 saturated carbocycles. The Morgan fingerprint density at radius 2 is 1.86 bits per heavy atom. The molecule has 0 aliphatic carbocycles. The van der Waals surface area contributed by atoms with E-state index in [0.717, 1.165) is 25.9 Å². The number of anilines is 1. The standard InChI is InChI=1S/C19H21ClF2N6/c1-11(2)27-8-6-12(7-9-27)24-18-19-23-10-15(20)28(19)26-17(25-18)16-13(21)4-3-5-14(16)22/h3-5,10-12H,6-9H2,1-2H3,(H,24,25,26). The Balaban J connectivity index is 1.70. The van der Waals surface area contributed by atoms with Gasteiger partial charge in [0.1, 0.15) is 11.6 Å². The van der Waals surface area contributed by atoms with Crippen LogP contribution < -0.4 is 5.32 Å². The Morgan fingerprint density at radius 3 is 2.50 bits per heavy atom. The molecule has 0 spiro atoms. The Hall–Kier alpha value is -2.32. The van der Waals surface area contributed by atoms with E-state index in [1.165, 1.54) is 28.9 Å². The van der Waals surface area contributed by atoms with Gasteiger partial charge in [-0.2, -0.15) is 4.52 Å². The molecule has 1 aliphatic rings. The fourth-order valence-corrected chi connectivity index (χ4v) is 3.69. The van der Waals surface area contributed by atoms with Crippen molar-refractivity contribution in [2.24, 2.45) is 0 Å². The lowest BCUT2D eigenvalue weighted by Crippen LogP contribution is -2.42. The molecule has 0 bridgehead atoms. The minimum atomic E-state index is -0.730. The Bertz CT molecular complexity index is 977. The first-order chi connectivity index (χ1) is 13.4. The van der Waals surface area contributed by atoms with Crippen LogP contribution >= 0.6 is 11.6 Å². The summed E-state index contributed by atoms with van der Waals surface area (Å²) in [7, 11) is 0. The Morgan fingerprint density at radius 1 is 1.18 bits per heavy atom. The van der Waals surface area contributed by atoms with Crippen molar-refractivity contribution in [2.75, 3.05) is 18.4 Å². The van der Waals surface area contributed by atoms with Gasteiger partial charge in [0.25, 0.3) is 0 Å². The molecule has 148 valence electrons. The molecular weight excluding hydrogens is 386 g/mol. The highest BCUT2D eigenvalue weighted by molar-refractivity contribution is 6.29. The van der Waals surface area contributed by atoms with Gasteiger partial charge in [-0.3, -0.25) is 0 Å². The number of halogens is 3. The van der Waals surface area contributed by atoms with Crippen LogP contribution in [0.5, 0.6) is 0 Å². The first-order valence-corrected chi connectivity index (χ1v) is 9.68. The average Bonchev–Trinajstić information content (AvgIpc) is 3.03. The van der Waals surface area contributed by atoms with Crippen LogP contribution in [0.25, 0.3) is 17.0 Å². The molecular formula is C19H21ClF2N6. The van der Waals surface area contributed by atoms with Crippen LogP contribution in [-0.4, -0.2) is 49.7 Å². The second-order valence-corrected chi connectivity index (χ2v) is 7.63. The molecule has 6 nitrogen and oxygen atoms in total. The van der Waals surface area contributed by atoms with E-state index in [1.807, 2.05) is 0 Å². The topological polar surface area (TPSA) is 58.3 Å². The quantitative estimate of drug-likeness (QED) is 0.709. The number of nitrogens with one attached hydrogen (secondary N) is 1. The third-order valence-electron chi connectivity index (χ3n) is 5.11. The summed E-state index contributed by atoms with van der Waals surface area (Å²) in [6, 6.07) is 4.35. The van der Waals surface area contributed by atoms with Gasteiger partial charge in [0.15, 0.2) is 22.4 Å². The van der Waals surface area contributed by atoms with Gasteiger partial charge in [0.05, 0.1) is 11.8 Å². The minimum Gasteiger partial charge on any atom is -0.364 e. The number of fused-ring (bicyclic) bond motifs is 1. The summed E-state index contributed by atoms with van der Waals surface area (Å²) in [4.78, 5) is 11.1. The lowest BCUT2D eigenvalue weighted by atomic mass is 10.0. The number of hydrogen-bond donors (Lipinski definition) is 1. The van der Waals surface area contributed by atoms with Crippen molar-refractivity contribution in [3.63, 3.8) is 0 Å². The van der Waals surface area contributed by atoms with Crippen molar-refractivity contribution in [1.29, 1.82) is 0 Å².